The Labute approximate surface area is 124 Å². The third-order valence-electron chi connectivity index (χ3n) is 3.22. The predicted molar refractivity (Wildman–Crippen MR) is 83.3 cm³/mol. The van der Waals surface area contributed by atoms with Crippen LogP contribution in [0.3, 0.4) is 0 Å². The van der Waals surface area contributed by atoms with Crippen LogP contribution in [0, 0.1) is 6.92 Å². The number of anilines is 2. The number of carbonyl (C=O) groups is 1. The summed E-state index contributed by atoms with van der Waals surface area (Å²) in [5.41, 5.74) is 8.30. The van der Waals surface area contributed by atoms with Gasteiger partial charge in [0.25, 0.3) is 0 Å². The van der Waals surface area contributed by atoms with E-state index in [1.807, 2.05) is 31.2 Å². The number of rotatable bonds is 5. The molecule has 0 aliphatic carbocycles. The third kappa shape index (κ3) is 4.21. The number of carbonyl (C=O) groups excluding carboxylic acids is 1. The molecule has 0 radical (unpaired) electrons. The van der Waals surface area contributed by atoms with Crippen molar-refractivity contribution >= 4 is 17.4 Å². The van der Waals surface area contributed by atoms with Gasteiger partial charge >= 0.3 is 0 Å². The maximum atomic E-state index is 11.9. The SMILES string of the molecule is COc1ccc(CCC(=O)Nc2cc(C)c(N)cn2)cc1. The molecule has 110 valence electrons. The van der Waals surface area contributed by atoms with E-state index in [1.165, 1.54) is 0 Å². The zero-order valence-electron chi connectivity index (χ0n) is 12.2. The van der Waals surface area contributed by atoms with Gasteiger partial charge in [-0.25, -0.2) is 4.98 Å². The molecule has 2 rings (SSSR count). The summed E-state index contributed by atoms with van der Waals surface area (Å²) >= 11 is 0. The van der Waals surface area contributed by atoms with Crippen LogP contribution in [-0.4, -0.2) is 18.0 Å². The summed E-state index contributed by atoms with van der Waals surface area (Å²) in [4.78, 5) is 16.0. The van der Waals surface area contributed by atoms with E-state index in [0.29, 0.717) is 24.3 Å². The lowest BCUT2D eigenvalue weighted by atomic mass is 10.1. The van der Waals surface area contributed by atoms with E-state index in [9.17, 15) is 4.79 Å². The maximum absolute atomic E-state index is 11.9. The van der Waals surface area contributed by atoms with Crippen molar-refractivity contribution in [1.29, 1.82) is 0 Å². The summed E-state index contributed by atoms with van der Waals surface area (Å²) in [6.07, 6.45) is 2.62. The monoisotopic (exact) mass is 285 g/mol. The summed E-state index contributed by atoms with van der Waals surface area (Å²) in [6, 6.07) is 9.45. The highest BCUT2D eigenvalue weighted by Crippen LogP contribution is 2.15. The summed E-state index contributed by atoms with van der Waals surface area (Å²) in [6.45, 7) is 1.88. The number of benzene rings is 1. The second-order valence-electron chi connectivity index (χ2n) is 4.82. The molecule has 5 nitrogen and oxygen atoms in total. The first-order valence-corrected chi connectivity index (χ1v) is 6.73. The molecule has 1 amide bonds. The Hall–Kier alpha value is -2.56. The van der Waals surface area contributed by atoms with E-state index < -0.39 is 0 Å². The van der Waals surface area contributed by atoms with E-state index in [4.69, 9.17) is 10.5 Å². The molecule has 0 fully saturated rings. The van der Waals surface area contributed by atoms with Crippen LogP contribution in [0.2, 0.25) is 0 Å². The van der Waals surface area contributed by atoms with Gasteiger partial charge in [0.2, 0.25) is 5.91 Å². The van der Waals surface area contributed by atoms with Crippen molar-refractivity contribution in [2.75, 3.05) is 18.2 Å². The van der Waals surface area contributed by atoms with E-state index in [0.717, 1.165) is 16.9 Å². The summed E-state index contributed by atoms with van der Waals surface area (Å²) in [5.74, 6) is 1.27. The fourth-order valence-corrected chi connectivity index (χ4v) is 1.89. The third-order valence-corrected chi connectivity index (χ3v) is 3.22. The van der Waals surface area contributed by atoms with Crippen LogP contribution in [0.1, 0.15) is 17.5 Å². The minimum absolute atomic E-state index is 0.0671. The number of aryl methyl sites for hydroxylation is 2. The number of hydrogen-bond donors (Lipinski definition) is 2. The molecule has 0 unspecified atom stereocenters. The molecule has 5 heteroatoms. The second-order valence-corrected chi connectivity index (χ2v) is 4.82. The molecule has 0 saturated carbocycles. The van der Waals surface area contributed by atoms with E-state index >= 15 is 0 Å². The van der Waals surface area contributed by atoms with Gasteiger partial charge < -0.3 is 15.8 Å². The van der Waals surface area contributed by atoms with Crippen LogP contribution >= 0.6 is 0 Å². The van der Waals surface area contributed by atoms with Gasteiger partial charge in [-0.15, -0.1) is 0 Å². The topological polar surface area (TPSA) is 77.2 Å². The van der Waals surface area contributed by atoms with Crippen molar-refractivity contribution in [3.8, 4) is 5.75 Å². The molecule has 0 aliphatic heterocycles. The minimum Gasteiger partial charge on any atom is -0.497 e. The zero-order chi connectivity index (χ0) is 15.2. The van der Waals surface area contributed by atoms with Crippen LogP contribution < -0.4 is 15.8 Å². The van der Waals surface area contributed by atoms with Gasteiger partial charge in [-0.3, -0.25) is 4.79 Å². The average Bonchev–Trinajstić information content (AvgIpc) is 2.49. The highest BCUT2D eigenvalue weighted by Gasteiger charge is 2.05. The highest BCUT2D eigenvalue weighted by atomic mass is 16.5. The summed E-state index contributed by atoms with van der Waals surface area (Å²) in [7, 11) is 1.63. The van der Waals surface area contributed by atoms with Crippen LogP contribution in [0.4, 0.5) is 11.5 Å². The van der Waals surface area contributed by atoms with E-state index in [1.54, 1.807) is 19.4 Å². The normalized spacial score (nSPS) is 10.2. The lowest BCUT2D eigenvalue weighted by Gasteiger charge is -2.07. The smallest absolute Gasteiger partial charge is 0.225 e. The average molecular weight is 285 g/mol. The largest absolute Gasteiger partial charge is 0.497 e. The van der Waals surface area contributed by atoms with Gasteiger partial charge in [0.15, 0.2) is 0 Å². The number of nitrogens with zero attached hydrogens (tertiary/aromatic N) is 1. The van der Waals surface area contributed by atoms with Gasteiger partial charge in [0.1, 0.15) is 11.6 Å². The fourth-order valence-electron chi connectivity index (χ4n) is 1.89. The molecule has 0 aliphatic rings. The Morgan fingerprint density at radius 3 is 2.67 bits per heavy atom. The molecule has 0 saturated heterocycles. The number of aromatic nitrogens is 1. The Kier molecular flexibility index (Phi) is 4.77. The number of pyridine rings is 1. The number of hydrogen-bond acceptors (Lipinski definition) is 4. The van der Waals surface area contributed by atoms with E-state index in [-0.39, 0.29) is 5.91 Å². The molecule has 1 aromatic heterocycles. The lowest BCUT2D eigenvalue weighted by Crippen LogP contribution is -2.13. The Bertz CT molecular complexity index is 624. The molecule has 0 bridgehead atoms. The van der Waals surface area contributed by atoms with E-state index in [2.05, 4.69) is 10.3 Å². The highest BCUT2D eigenvalue weighted by molar-refractivity contribution is 5.90. The number of nitrogen functional groups attached to an aromatic ring is 1. The number of nitrogens with one attached hydrogen (secondary N) is 1. The van der Waals surface area contributed by atoms with Crippen LogP contribution in [0.15, 0.2) is 36.5 Å². The van der Waals surface area contributed by atoms with Gasteiger partial charge in [-0.05, 0) is 42.7 Å². The molecule has 0 atom stereocenters. The lowest BCUT2D eigenvalue weighted by molar-refractivity contribution is -0.116. The Balaban J connectivity index is 1.87. The van der Waals surface area contributed by atoms with Gasteiger partial charge in [-0.1, -0.05) is 12.1 Å². The first-order valence-electron chi connectivity index (χ1n) is 6.73. The molecule has 21 heavy (non-hydrogen) atoms. The standard InChI is InChI=1S/C16H19N3O2/c1-11-9-15(18-10-14(11)17)19-16(20)8-5-12-3-6-13(21-2)7-4-12/h3-4,6-7,9-10H,5,8,17H2,1-2H3,(H,18,19,20). The first-order chi connectivity index (χ1) is 10.1. The van der Waals surface area contributed by atoms with Crippen molar-refractivity contribution in [2.45, 2.75) is 19.8 Å². The van der Waals surface area contributed by atoms with Gasteiger partial charge in [-0.2, -0.15) is 0 Å². The van der Waals surface area contributed by atoms with Crippen molar-refractivity contribution in [3.05, 3.63) is 47.7 Å². The summed E-state index contributed by atoms with van der Waals surface area (Å²) < 4.78 is 5.10. The summed E-state index contributed by atoms with van der Waals surface area (Å²) in [5, 5.41) is 2.77. The molecule has 1 aromatic carbocycles. The maximum Gasteiger partial charge on any atom is 0.225 e. The molecule has 1 heterocycles. The fraction of sp³-hybridized carbons (Fsp3) is 0.250. The van der Waals surface area contributed by atoms with Crippen LogP contribution in [-0.2, 0) is 11.2 Å². The van der Waals surface area contributed by atoms with Gasteiger partial charge in [0.05, 0.1) is 19.0 Å². The van der Waals surface area contributed by atoms with Gasteiger partial charge in [0, 0.05) is 6.42 Å². The minimum atomic E-state index is -0.0671. The number of amides is 1. The number of nitrogens with two attached hydrogens (primary N) is 1. The molecular formula is C16H19N3O2. The van der Waals surface area contributed by atoms with Crippen molar-refractivity contribution < 1.29 is 9.53 Å². The molecule has 3 N–H and O–H groups in total. The molecule has 0 spiro atoms. The number of methoxy groups -OCH3 is 1. The van der Waals surface area contributed by atoms with Crippen LogP contribution in [0.5, 0.6) is 5.75 Å². The van der Waals surface area contributed by atoms with Crippen molar-refractivity contribution in [3.63, 3.8) is 0 Å². The molecule has 2 aromatic rings. The Morgan fingerprint density at radius 1 is 1.33 bits per heavy atom. The van der Waals surface area contributed by atoms with Crippen molar-refractivity contribution in [1.82, 2.24) is 4.98 Å². The zero-order valence-corrected chi connectivity index (χ0v) is 12.2. The second kappa shape index (κ2) is 6.74. The van der Waals surface area contributed by atoms with Crippen molar-refractivity contribution in [2.24, 2.45) is 0 Å². The Morgan fingerprint density at radius 2 is 2.05 bits per heavy atom. The number of ether oxygens (including phenoxy) is 1. The molecular weight excluding hydrogens is 266 g/mol. The quantitative estimate of drug-likeness (QED) is 0.885. The first kappa shape index (κ1) is 14.8. The van der Waals surface area contributed by atoms with Crippen LogP contribution in [0.25, 0.3) is 0 Å². The predicted octanol–water partition coefficient (Wildman–Crippen LogP) is 2.55.